The van der Waals surface area contributed by atoms with Gasteiger partial charge in [-0.15, -0.1) is 6.58 Å². The number of esters is 1. The van der Waals surface area contributed by atoms with Crippen LogP contribution < -0.4 is 16.4 Å². The Morgan fingerprint density at radius 3 is 2.76 bits per heavy atom. The zero-order valence-electron chi connectivity index (χ0n) is 11.6. The molecule has 4 N–H and O–H groups in total. The van der Waals surface area contributed by atoms with E-state index in [1.807, 2.05) is 0 Å². The molecule has 0 unspecified atom stereocenters. The highest BCUT2D eigenvalue weighted by molar-refractivity contribution is 5.94. The summed E-state index contributed by atoms with van der Waals surface area (Å²) in [7, 11) is 0. The quantitative estimate of drug-likeness (QED) is 0.537. The number of benzene rings is 1. The molecule has 0 spiro atoms. The second-order valence-corrected chi connectivity index (χ2v) is 4.15. The van der Waals surface area contributed by atoms with Crippen molar-refractivity contribution in [2.75, 3.05) is 11.9 Å². The second kappa shape index (κ2) is 7.68. The molecule has 0 bridgehead atoms. The summed E-state index contributed by atoms with van der Waals surface area (Å²) in [5, 5.41) is 4.86. The van der Waals surface area contributed by atoms with E-state index in [2.05, 4.69) is 17.2 Å². The number of nitrogens with one attached hydrogen (secondary N) is 2. The van der Waals surface area contributed by atoms with Gasteiger partial charge >= 0.3 is 12.0 Å². The number of rotatable bonds is 6. The summed E-state index contributed by atoms with van der Waals surface area (Å²) in [6, 6.07) is 5.30. The number of urea groups is 1. The first-order valence-corrected chi connectivity index (χ1v) is 6.20. The van der Waals surface area contributed by atoms with Crippen LogP contribution >= 0.6 is 0 Å². The summed E-state index contributed by atoms with van der Waals surface area (Å²) in [5.41, 5.74) is 5.55. The van der Waals surface area contributed by atoms with Crippen LogP contribution in [0.4, 0.5) is 10.5 Å². The molecule has 1 aromatic rings. The van der Waals surface area contributed by atoms with Gasteiger partial charge in [-0.3, -0.25) is 4.79 Å². The molecule has 3 amide bonds. The maximum Gasteiger partial charge on any atom is 0.338 e. The minimum absolute atomic E-state index is 0.199. The first kappa shape index (κ1) is 16.2. The third-order valence-corrected chi connectivity index (χ3v) is 2.44. The summed E-state index contributed by atoms with van der Waals surface area (Å²) >= 11 is 0. The zero-order valence-corrected chi connectivity index (χ0v) is 11.6. The van der Waals surface area contributed by atoms with Gasteiger partial charge in [0.05, 0.1) is 5.56 Å². The van der Waals surface area contributed by atoms with Crippen molar-refractivity contribution in [3.8, 4) is 0 Å². The van der Waals surface area contributed by atoms with Gasteiger partial charge in [0.25, 0.3) is 5.91 Å². The highest BCUT2D eigenvalue weighted by Gasteiger charge is 2.18. The topological polar surface area (TPSA) is 111 Å². The molecule has 1 atom stereocenters. The Kier molecular flexibility index (Phi) is 5.94. The van der Waals surface area contributed by atoms with E-state index >= 15 is 0 Å². The van der Waals surface area contributed by atoms with Crippen LogP contribution in [0.3, 0.4) is 0 Å². The molecule has 0 aliphatic rings. The molecule has 21 heavy (non-hydrogen) atoms. The lowest BCUT2D eigenvalue weighted by molar-refractivity contribution is -0.128. The molecule has 112 valence electrons. The Balaban J connectivity index is 2.68. The standard InChI is InChI=1S/C14H17N3O4/c1-3-7-16-12(18)9(2)21-13(19)10-5-4-6-11(8-10)17-14(15)20/h3-6,8-9H,1,7H2,2H3,(H,16,18)(H3,15,17,20)/t9-/m0/s1. The van der Waals surface area contributed by atoms with E-state index in [1.165, 1.54) is 25.1 Å². The highest BCUT2D eigenvalue weighted by atomic mass is 16.5. The summed E-state index contributed by atoms with van der Waals surface area (Å²) in [4.78, 5) is 34.2. The van der Waals surface area contributed by atoms with Crippen LogP contribution in [0.1, 0.15) is 17.3 Å². The van der Waals surface area contributed by atoms with E-state index in [1.54, 1.807) is 12.1 Å². The molecule has 1 aromatic carbocycles. The summed E-state index contributed by atoms with van der Waals surface area (Å²) in [6.45, 7) is 5.22. The summed E-state index contributed by atoms with van der Waals surface area (Å²) < 4.78 is 5.03. The second-order valence-electron chi connectivity index (χ2n) is 4.15. The number of amides is 3. The molecule has 0 aromatic heterocycles. The number of ether oxygens (including phenoxy) is 1. The van der Waals surface area contributed by atoms with Crippen LogP contribution in [-0.2, 0) is 9.53 Å². The number of carbonyl (C=O) groups excluding carboxylic acids is 3. The Labute approximate surface area is 122 Å². The van der Waals surface area contributed by atoms with Gasteiger partial charge in [-0.2, -0.15) is 0 Å². The summed E-state index contributed by atoms with van der Waals surface area (Å²) in [6.07, 6.45) is 0.580. The number of hydrogen-bond acceptors (Lipinski definition) is 4. The Morgan fingerprint density at radius 2 is 2.14 bits per heavy atom. The van der Waals surface area contributed by atoms with Crippen molar-refractivity contribution in [1.82, 2.24) is 5.32 Å². The number of carbonyl (C=O) groups is 3. The van der Waals surface area contributed by atoms with E-state index < -0.39 is 24.0 Å². The average molecular weight is 291 g/mol. The fourth-order valence-electron chi connectivity index (χ4n) is 1.46. The molecule has 0 fully saturated rings. The van der Waals surface area contributed by atoms with E-state index in [-0.39, 0.29) is 5.56 Å². The zero-order chi connectivity index (χ0) is 15.8. The van der Waals surface area contributed by atoms with Crippen molar-refractivity contribution in [1.29, 1.82) is 0 Å². The van der Waals surface area contributed by atoms with E-state index in [0.717, 1.165) is 0 Å². The van der Waals surface area contributed by atoms with Crippen molar-refractivity contribution in [2.45, 2.75) is 13.0 Å². The fourth-order valence-corrected chi connectivity index (χ4v) is 1.46. The summed E-state index contributed by atoms with van der Waals surface area (Å²) in [5.74, 6) is -1.10. The molecule has 0 saturated carbocycles. The minimum atomic E-state index is -0.940. The van der Waals surface area contributed by atoms with Crippen molar-refractivity contribution in [3.05, 3.63) is 42.5 Å². The van der Waals surface area contributed by atoms with Crippen molar-refractivity contribution >= 4 is 23.6 Å². The Hall–Kier alpha value is -2.83. The third kappa shape index (κ3) is 5.35. The fraction of sp³-hybridized carbons (Fsp3) is 0.214. The van der Waals surface area contributed by atoms with Crippen LogP contribution in [-0.4, -0.2) is 30.6 Å². The van der Waals surface area contributed by atoms with Gasteiger partial charge in [-0.1, -0.05) is 12.1 Å². The van der Waals surface area contributed by atoms with Crippen LogP contribution in [0, 0.1) is 0 Å². The van der Waals surface area contributed by atoms with Crippen LogP contribution in [0.15, 0.2) is 36.9 Å². The predicted octanol–water partition coefficient (Wildman–Crippen LogP) is 1.02. The monoisotopic (exact) mass is 291 g/mol. The van der Waals surface area contributed by atoms with Gasteiger partial charge in [0.15, 0.2) is 6.10 Å². The Morgan fingerprint density at radius 1 is 1.43 bits per heavy atom. The Bertz CT molecular complexity index is 557. The van der Waals surface area contributed by atoms with Crippen molar-refractivity contribution in [3.63, 3.8) is 0 Å². The van der Waals surface area contributed by atoms with Gasteiger partial charge in [0.1, 0.15) is 0 Å². The average Bonchev–Trinajstić information content (AvgIpc) is 2.44. The molecular formula is C14H17N3O4. The maximum atomic E-state index is 11.9. The molecule has 7 nitrogen and oxygen atoms in total. The predicted molar refractivity (Wildman–Crippen MR) is 77.7 cm³/mol. The van der Waals surface area contributed by atoms with Crippen molar-refractivity contribution < 1.29 is 19.1 Å². The molecule has 1 rings (SSSR count). The molecule has 0 aliphatic carbocycles. The van der Waals surface area contributed by atoms with Gasteiger partial charge in [0, 0.05) is 12.2 Å². The lowest BCUT2D eigenvalue weighted by Gasteiger charge is -2.13. The van der Waals surface area contributed by atoms with E-state index in [0.29, 0.717) is 12.2 Å². The lowest BCUT2D eigenvalue weighted by atomic mass is 10.2. The van der Waals surface area contributed by atoms with Gasteiger partial charge in [-0.25, -0.2) is 9.59 Å². The molecule has 0 radical (unpaired) electrons. The first-order valence-electron chi connectivity index (χ1n) is 6.20. The molecular weight excluding hydrogens is 274 g/mol. The number of hydrogen-bond donors (Lipinski definition) is 3. The molecule has 0 aliphatic heterocycles. The lowest BCUT2D eigenvalue weighted by Crippen LogP contribution is -2.35. The van der Waals surface area contributed by atoms with E-state index in [9.17, 15) is 14.4 Å². The largest absolute Gasteiger partial charge is 0.449 e. The molecule has 0 heterocycles. The SMILES string of the molecule is C=CCNC(=O)[C@H](C)OC(=O)c1cccc(NC(N)=O)c1. The smallest absolute Gasteiger partial charge is 0.338 e. The normalized spacial score (nSPS) is 11.1. The van der Waals surface area contributed by atoms with Crippen LogP contribution in [0.5, 0.6) is 0 Å². The number of anilines is 1. The van der Waals surface area contributed by atoms with Crippen LogP contribution in [0.25, 0.3) is 0 Å². The molecule has 7 heteroatoms. The number of primary amides is 1. The number of nitrogens with two attached hydrogens (primary N) is 1. The minimum Gasteiger partial charge on any atom is -0.449 e. The maximum absolute atomic E-state index is 11.9. The van der Waals surface area contributed by atoms with Gasteiger partial charge in [-0.05, 0) is 25.1 Å². The molecule has 0 saturated heterocycles. The van der Waals surface area contributed by atoms with Crippen molar-refractivity contribution in [2.24, 2.45) is 5.73 Å². The van der Waals surface area contributed by atoms with Gasteiger partial charge in [0.2, 0.25) is 0 Å². The van der Waals surface area contributed by atoms with Gasteiger partial charge < -0.3 is 21.1 Å². The van der Waals surface area contributed by atoms with E-state index in [4.69, 9.17) is 10.5 Å². The highest BCUT2D eigenvalue weighted by Crippen LogP contribution is 2.12. The van der Waals surface area contributed by atoms with Crippen LogP contribution in [0.2, 0.25) is 0 Å². The third-order valence-electron chi connectivity index (χ3n) is 2.44. The first-order chi connectivity index (χ1) is 9.93.